The maximum Gasteiger partial charge on any atom is 0.209 e. The summed E-state index contributed by atoms with van der Waals surface area (Å²) in [5.74, 6) is 3.28. The fraction of sp³-hybridized carbons (Fsp3) is 0.600. The van der Waals surface area contributed by atoms with E-state index in [2.05, 4.69) is 50.0 Å². The second kappa shape index (κ2) is 13.2. The summed E-state index contributed by atoms with van der Waals surface area (Å²) in [7, 11) is 5.61. The molecule has 1 aliphatic carbocycles. The molecule has 0 aromatic carbocycles. The fourth-order valence-corrected chi connectivity index (χ4v) is 7.39. The van der Waals surface area contributed by atoms with E-state index in [4.69, 9.17) is 4.98 Å². The Balaban J connectivity index is 0.000000595. The number of hydrogen-bond acceptors (Lipinski definition) is 9. The summed E-state index contributed by atoms with van der Waals surface area (Å²) < 4.78 is 1.29. The highest BCUT2D eigenvalue weighted by molar-refractivity contribution is 7.19. The van der Waals surface area contributed by atoms with Gasteiger partial charge in [0.05, 0.1) is 17.1 Å². The summed E-state index contributed by atoms with van der Waals surface area (Å²) in [6.45, 7) is 8.98. The first kappa shape index (κ1) is 28.7. The number of nitrogens with one attached hydrogen (secondary N) is 1. The monoisotopic (exact) mass is 564 g/mol. The minimum absolute atomic E-state index is 0.706. The van der Waals surface area contributed by atoms with Gasteiger partial charge in [0.15, 0.2) is 0 Å². The van der Waals surface area contributed by atoms with E-state index in [0.29, 0.717) is 5.92 Å². The van der Waals surface area contributed by atoms with Crippen molar-refractivity contribution in [1.29, 1.82) is 0 Å². The van der Waals surface area contributed by atoms with Crippen LogP contribution in [0.15, 0.2) is 24.7 Å². The molecule has 0 unspecified atom stereocenters. The third-order valence-electron chi connectivity index (χ3n) is 8.51. The normalized spacial score (nSPS) is 19.4. The average molecular weight is 565 g/mol. The van der Waals surface area contributed by atoms with Crippen LogP contribution in [0, 0.1) is 6.92 Å². The van der Waals surface area contributed by atoms with E-state index >= 15 is 0 Å². The molecule has 0 bridgehead atoms. The maximum atomic E-state index is 9.43. The first-order chi connectivity index (χ1) is 19.4. The van der Waals surface area contributed by atoms with Gasteiger partial charge in [0.25, 0.3) is 0 Å². The Morgan fingerprint density at radius 2 is 1.60 bits per heavy atom. The number of piperidine rings is 1. The average Bonchev–Trinajstić information content (AvgIpc) is 3.61. The summed E-state index contributed by atoms with van der Waals surface area (Å²) in [5.41, 5.74) is 1.55. The Morgan fingerprint density at radius 3 is 2.23 bits per heavy atom. The van der Waals surface area contributed by atoms with Crippen molar-refractivity contribution >= 4 is 45.3 Å². The van der Waals surface area contributed by atoms with Gasteiger partial charge >= 0.3 is 0 Å². The van der Waals surface area contributed by atoms with Crippen LogP contribution in [0.3, 0.4) is 0 Å². The number of aromatic nitrogens is 3. The number of hydrogen-bond donors (Lipinski definition) is 1. The molecule has 40 heavy (non-hydrogen) atoms. The molecule has 216 valence electrons. The quantitative estimate of drug-likeness (QED) is 0.431. The van der Waals surface area contributed by atoms with Crippen LogP contribution < -0.4 is 10.2 Å². The minimum atomic E-state index is 0.706. The number of piperazine rings is 1. The lowest BCUT2D eigenvalue weighted by Crippen LogP contribution is -2.53. The molecule has 3 fully saturated rings. The molecule has 5 heterocycles. The van der Waals surface area contributed by atoms with Crippen LogP contribution >= 0.6 is 11.3 Å². The Morgan fingerprint density at radius 1 is 0.925 bits per heavy atom. The van der Waals surface area contributed by atoms with E-state index < -0.39 is 0 Å². The standard InChI is InChI=1S/C27H37N7S.C3H7NO/c1-19-27(20-5-3-4-6-20)22-15-24(28-16-23(22)35-19)31-25-17-30-26(18-29-25)34-13-11-33(12-14-34)21-7-9-32(2)10-8-21;1-4(2)3-5/h15-18,20-21H,3-14H2,1-2H3,(H,28,29,31);3H,1-2H3. The Hall–Kier alpha value is -2.82. The smallest absolute Gasteiger partial charge is 0.209 e. The molecule has 3 aromatic rings. The van der Waals surface area contributed by atoms with Crippen molar-refractivity contribution in [2.45, 2.75) is 57.4 Å². The number of amides is 1. The van der Waals surface area contributed by atoms with Crippen molar-refractivity contribution in [1.82, 2.24) is 29.7 Å². The highest BCUT2D eigenvalue weighted by Gasteiger charge is 2.27. The van der Waals surface area contributed by atoms with Gasteiger partial charge in [-0.15, -0.1) is 11.3 Å². The lowest BCUT2D eigenvalue weighted by Gasteiger charge is -2.42. The van der Waals surface area contributed by atoms with Gasteiger partial charge in [0.2, 0.25) is 6.41 Å². The van der Waals surface area contributed by atoms with Crippen molar-refractivity contribution in [2.75, 3.05) is 70.6 Å². The summed E-state index contributed by atoms with van der Waals surface area (Å²) >= 11 is 1.88. The van der Waals surface area contributed by atoms with Gasteiger partial charge in [-0.1, -0.05) is 12.8 Å². The zero-order chi connectivity index (χ0) is 28.1. The zero-order valence-electron chi connectivity index (χ0n) is 24.5. The topological polar surface area (TPSA) is 80.7 Å². The zero-order valence-corrected chi connectivity index (χ0v) is 25.3. The SMILES string of the molecule is CN(C)C=O.Cc1sc2cnc(Nc3cnc(N4CCN(C5CCN(C)CC5)CC4)cn3)cc2c1C1CCCC1. The van der Waals surface area contributed by atoms with Crippen molar-refractivity contribution in [3.05, 3.63) is 35.1 Å². The highest BCUT2D eigenvalue weighted by Crippen LogP contribution is 2.43. The Labute approximate surface area is 242 Å². The van der Waals surface area contributed by atoms with Crippen molar-refractivity contribution in [2.24, 2.45) is 0 Å². The molecule has 10 heteroatoms. The van der Waals surface area contributed by atoms with Crippen LogP contribution in [0.1, 0.15) is 54.9 Å². The third kappa shape index (κ3) is 6.90. The van der Waals surface area contributed by atoms with E-state index in [-0.39, 0.29) is 0 Å². The van der Waals surface area contributed by atoms with Gasteiger partial charge in [-0.05, 0) is 70.3 Å². The minimum Gasteiger partial charge on any atom is -0.353 e. The summed E-state index contributed by atoms with van der Waals surface area (Å²) in [5, 5.41) is 4.76. The molecule has 6 rings (SSSR count). The second-order valence-corrected chi connectivity index (χ2v) is 12.9. The van der Waals surface area contributed by atoms with Crippen molar-refractivity contribution < 1.29 is 4.79 Å². The van der Waals surface area contributed by atoms with E-state index in [0.717, 1.165) is 56.1 Å². The van der Waals surface area contributed by atoms with E-state index in [9.17, 15) is 4.79 Å². The van der Waals surface area contributed by atoms with Crippen LogP contribution in [0.5, 0.6) is 0 Å². The highest BCUT2D eigenvalue weighted by atomic mass is 32.1. The molecular weight excluding hydrogens is 520 g/mol. The number of carbonyl (C=O) groups is 1. The molecule has 1 N–H and O–H groups in total. The van der Waals surface area contributed by atoms with Gasteiger partial charge < -0.3 is 20.0 Å². The summed E-state index contributed by atoms with van der Waals surface area (Å²) in [4.78, 5) is 33.9. The molecule has 1 saturated carbocycles. The predicted molar refractivity (Wildman–Crippen MR) is 165 cm³/mol. The number of rotatable bonds is 6. The molecule has 1 amide bonds. The number of thiophene rings is 1. The van der Waals surface area contributed by atoms with E-state index in [1.54, 1.807) is 19.7 Å². The van der Waals surface area contributed by atoms with Crippen LogP contribution in [0.25, 0.3) is 10.1 Å². The van der Waals surface area contributed by atoms with Gasteiger partial charge in [0, 0.05) is 62.8 Å². The predicted octanol–water partition coefficient (Wildman–Crippen LogP) is 4.72. The molecule has 0 atom stereocenters. The first-order valence-electron chi connectivity index (χ1n) is 14.7. The lowest BCUT2D eigenvalue weighted by atomic mass is 9.95. The lowest BCUT2D eigenvalue weighted by molar-refractivity contribution is -0.115. The molecule has 3 aliphatic rings. The molecular formula is C30H44N8OS. The van der Waals surface area contributed by atoms with E-state index in [1.807, 2.05) is 29.9 Å². The molecule has 3 aromatic heterocycles. The van der Waals surface area contributed by atoms with Crippen LogP contribution in [0.4, 0.5) is 17.5 Å². The summed E-state index contributed by atoms with van der Waals surface area (Å²) in [6, 6.07) is 2.96. The molecule has 2 aliphatic heterocycles. The van der Waals surface area contributed by atoms with Crippen LogP contribution in [-0.4, -0.2) is 103 Å². The number of likely N-dealkylation sites (tertiary alicyclic amines) is 1. The van der Waals surface area contributed by atoms with Gasteiger partial charge in [0.1, 0.15) is 17.5 Å². The number of pyridine rings is 1. The molecule has 9 nitrogen and oxygen atoms in total. The molecule has 0 radical (unpaired) electrons. The first-order valence-corrected chi connectivity index (χ1v) is 15.5. The number of carbonyl (C=O) groups excluding carboxylic acids is 1. The van der Waals surface area contributed by atoms with Gasteiger partial charge in [-0.25, -0.2) is 15.0 Å². The second-order valence-electron chi connectivity index (χ2n) is 11.6. The van der Waals surface area contributed by atoms with Gasteiger partial charge in [-0.3, -0.25) is 9.69 Å². The summed E-state index contributed by atoms with van der Waals surface area (Å²) in [6.07, 6.45) is 14.5. The van der Waals surface area contributed by atoms with Crippen LogP contribution in [0.2, 0.25) is 0 Å². The number of fused-ring (bicyclic) bond motifs is 1. The van der Waals surface area contributed by atoms with Gasteiger partial charge in [-0.2, -0.15) is 0 Å². The molecule has 0 spiro atoms. The number of anilines is 3. The van der Waals surface area contributed by atoms with Crippen LogP contribution in [-0.2, 0) is 4.79 Å². The fourth-order valence-electron chi connectivity index (χ4n) is 6.29. The largest absolute Gasteiger partial charge is 0.353 e. The Bertz CT molecular complexity index is 1240. The maximum absolute atomic E-state index is 9.43. The number of nitrogens with zero attached hydrogens (tertiary/aromatic N) is 7. The molecule has 2 saturated heterocycles. The Kier molecular flexibility index (Phi) is 9.49. The van der Waals surface area contributed by atoms with Crippen molar-refractivity contribution in [3.8, 4) is 0 Å². The third-order valence-corrected chi connectivity index (χ3v) is 9.58. The van der Waals surface area contributed by atoms with Crippen molar-refractivity contribution in [3.63, 3.8) is 0 Å². The number of aryl methyl sites for hydroxylation is 1. The van der Waals surface area contributed by atoms with E-state index in [1.165, 1.54) is 71.5 Å².